The summed E-state index contributed by atoms with van der Waals surface area (Å²) in [7, 11) is 1.27. The predicted octanol–water partition coefficient (Wildman–Crippen LogP) is 3.18. The maximum absolute atomic E-state index is 11.8. The van der Waals surface area contributed by atoms with Crippen LogP contribution in [0.15, 0.2) is 28.7 Å². The first kappa shape index (κ1) is 16.7. The standard InChI is InChI=1S/C14H15BrClNO3/c1-14(2,13(19)20-3)17-12(18)7-5-9-4-6-10(15)11(16)8-9/h4-8H,1-3H3,(H,17,18). The molecule has 1 N–H and O–H groups in total. The maximum Gasteiger partial charge on any atom is 0.330 e. The Hall–Kier alpha value is -1.33. The van der Waals surface area contributed by atoms with E-state index in [9.17, 15) is 9.59 Å². The SMILES string of the molecule is COC(=O)C(C)(C)NC(=O)C=Cc1ccc(Br)c(Cl)c1. The van der Waals surface area contributed by atoms with Gasteiger partial charge in [0.05, 0.1) is 12.1 Å². The van der Waals surface area contributed by atoms with Crippen molar-refractivity contribution < 1.29 is 14.3 Å². The van der Waals surface area contributed by atoms with Crippen LogP contribution in [0.25, 0.3) is 6.08 Å². The average Bonchev–Trinajstić information content (AvgIpc) is 2.38. The van der Waals surface area contributed by atoms with E-state index in [4.69, 9.17) is 11.6 Å². The maximum atomic E-state index is 11.8. The molecule has 4 nitrogen and oxygen atoms in total. The highest BCUT2D eigenvalue weighted by Crippen LogP contribution is 2.23. The number of hydrogen-bond acceptors (Lipinski definition) is 3. The van der Waals surface area contributed by atoms with Crippen LogP contribution in [0, 0.1) is 0 Å². The molecule has 0 unspecified atom stereocenters. The van der Waals surface area contributed by atoms with E-state index in [0.717, 1.165) is 10.0 Å². The van der Waals surface area contributed by atoms with Crippen molar-refractivity contribution in [1.82, 2.24) is 5.32 Å². The van der Waals surface area contributed by atoms with Gasteiger partial charge < -0.3 is 10.1 Å². The number of carbonyl (C=O) groups is 2. The van der Waals surface area contributed by atoms with Crippen LogP contribution in [0.4, 0.5) is 0 Å². The lowest BCUT2D eigenvalue weighted by molar-refractivity contribution is -0.148. The Morgan fingerprint density at radius 1 is 1.40 bits per heavy atom. The first-order valence-corrected chi connectivity index (χ1v) is 6.97. The molecule has 0 radical (unpaired) electrons. The van der Waals surface area contributed by atoms with Gasteiger partial charge in [0.2, 0.25) is 5.91 Å². The highest BCUT2D eigenvalue weighted by molar-refractivity contribution is 9.10. The van der Waals surface area contributed by atoms with Crippen molar-refractivity contribution in [3.8, 4) is 0 Å². The van der Waals surface area contributed by atoms with Gasteiger partial charge in [-0.1, -0.05) is 17.7 Å². The molecule has 0 saturated heterocycles. The molecule has 0 saturated carbocycles. The minimum absolute atomic E-state index is 0.389. The van der Waals surface area contributed by atoms with Crippen molar-refractivity contribution in [2.45, 2.75) is 19.4 Å². The highest BCUT2D eigenvalue weighted by atomic mass is 79.9. The van der Waals surface area contributed by atoms with Gasteiger partial charge in [-0.3, -0.25) is 4.79 Å². The molecule has 0 aliphatic heterocycles. The minimum atomic E-state index is -1.08. The Morgan fingerprint density at radius 3 is 2.60 bits per heavy atom. The van der Waals surface area contributed by atoms with E-state index in [2.05, 4.69) is 26.0 Å². The number of nitrogens with one attached hydrogen (secondary N) is 1. The fraction of sp³-hybridized carbons (Fsp3) is 0.286. The summed E-state index contributed by atoms with van der Waals surface area (Å²) in [5.74, 6) is -0.898. The van der Waals surface area contributed by atoms with Crippen molar-refractivity contribution in [3.63, 3.8) is 0 Å². The molecule has 0 aliphatic rings. The Balaban J connectivity index is 2.73. The minimum Gasteiger partial charge on any atom is -0.467 e. The number of benzene rings is 1. The Morgan fingerprint density at radius 2 is 2.05 bits per heavy atom. The molecule has 6 heteroatoms. The summed E-state index contributed by atoms with van der Waals surface area (Å²) in [4.78, 5) is 23.2. The van der Waals surface area contributed by atoms with Crippen LogP contribution in [-0.2, 0) is 14.3 Å². The Bertz CT molecular complexity index is 555. The largest absolute Gasteiger partial charge is 0.467 e. The van der Waals surface area contributed by atoms with Gasteiger partial charge in [0, 0.05) is 10.5 Å². The smallest absolute Gasteiger partial charge is 0.330 e. The van der Waals surface area contributed by atoms with Crippen LogP contribution in [-0.4, -0.2) is 24.5 Å². The van der Waals surface area contributed by atoms with Gasteiger partial charge in [0.1, 0.15) is 5.54 Å². The zero-order valence-electron chi connectivity index (χ0n) is 11.4. The van der Waals surface area contributed by atoms with Gasteiger partial charge in [-0.25, -0.2) is 4.79 Å². The molecule has 0 bridgehead atoms. The van der Waals surface area contributed by atoms with Crippen molar-refractivity contribution in [3.05, 3.63) is 39.3 Å². The van der Waals surface area contributed by atoms with Crippen molar-refractivity contribution in [2.75, 3.05) is 7.11 Å². The third-order valence-electron chi connectivity index (χ3n) is 2.50. The van der Waals surface area contributed by atoms with Crippen molar-refractivity contribution >= 4 is 45.5 Å². The van der Waals surface area contributed by atoms with Gasteiger partial charge in [0.15, 0.2) is 0 Å². The van der Waals surface area contributed by atoms with Gasteiger partial charge in [-0.15, -0.1) is 0 Å². The lowest BCUT2D eigenvalue weighted by Crippen LogP contribution is -2.49. The van der Waals surface area contributed by atoms with Crippen LogP contribution in [0.2, 0.25) is 5.02 Å². The van der Waals surface area contributed by atoms with E-state index in [-0.39, 0.29) is 5.91 Å². The van der Waals surface area contributed by atoms with E-state index in [1.165, 1.54) is 13.2 Å². The molecule has 0 fully saturated rings. The fourth-order valence-electron chi connectivity index (χ4n) is 1.44. The average molecular weight is 361 g/mol. The molecule has 108 valence electrons. The molecule has 1 amide bonds. The molecular formula is C14H15BrClNO3. The molecule has 1 aromatic rings. The van der Waals surface area contributed by atoms with Gasteiger partial charge in [-0.05, 0) is 53.5 Å². The quantitative estimate of drug-likeness (QED) is 0.663. The van der Waals surface area contributed by atoms with E-state index in [1.54, 1.807) is 32.1 Å². The molecule has 0 heterocycles. The summed E-state index contributed by atoms with van der Waals surface area (Å²) in [6.07, 6.45) is 2.95. The first-order chi connectivity index (χ1) is 9.26. The normalized spacial score (nSPS) is 11.4. The van der Waals surface area contributed by atoms with E-state index >= 15 is 0 Å². The molecular weight excluding hydrogens is 346 g/mol. The summed E-state index contributed by atoms with van der Waals surface area (Å²) in [5.41, 5.74) is -0.294. The second kappa shape index (κ2) is 6.90. The molecule has 1 rings (SSSR count). The van der Waals surface area contributed by atoms with E-state index in [0.29, 0.717) is 5.02 Å². The summed E-state index contributed by atoms with van der Waals surface area (Å²) < 4.78 is 5.39. The summed E-state index contributed by atoms with van der Waals surface area (Å²) in [6, 6.07) is 5.32. The molecule has 0 spiro atoms. The summed E-state index contributed by atoms with van der Waals surface area (Å²) in [6.45, 7) is 3.14. The second-order valence-electron chi connectivity index (χ2n) is 4.61. The lowest BCUT2D eigenvalue weighted by Gasteiger charge is -2.22. The second-order valence-corrected chi connectivity index (χ2v) is 5.87. The van der Waals surface area contributed by atoms with Crippen molar-refractivity contribution in [1.29, 1.82) is 0 Å². The number of esters is 1. The van der Waals surface area contributed by atoms with Crippen LogP contribution >= 0.6 is 27.5 Å². The van der Waals surface area contributed by atoms with E-state index < -0.39 is 11.5 Å². The number of halogens is 2. The van der Waals surface area contributed by atoms with Crippen LogP contribution in [0.1, 0.15) is 19.4 Å². The molecule has 0 atom stereocenters. The molecule has 0 aliphatic carbocycles. The number of carbonyl (C=O) groups excluding carboxylic acids is 2. The third kappa shape index (κ3) is 4.65. The first-order valence-electron chi connectivity index (χ1n) is 5.80. The highest BCUT2D eigenvalue weighted by Gasteiger charge is 2.29. The van der Waals surface area contributed by atoms with E-state index in [1.807, 2.05) is 6.07 Å². The van der Waals surface area contributed by atoms with Crippen LogP contribution in [0.5, 0.6) is 0 Å². The molecule has 0 aromatic heterocycles. The monoisotopic (exact) mass is 359 g/mol. The van der Waals surface area contributed by atoms with Gasteiger partial charge in [0.25, 0.3) is 0 Å². The zero-order chi connectivity index (χ0) is 15.3. The zero-order valence-corrected chi connectivity index (χ0v) is 13.7. The summed E-state index contributed by atoms with van der Waals surface area (Å²) in [5, 5.41) is 3.12. The van der Waals surface area contributed by atoms with Crippen molar-refractivity contribution in [2.24, 2.45) is 0 Å². The number of hydrogen-bond donors (Lipinski definition) is 1. The Labute approximate surface area is 131 Å². The van der Waals surface area contributed by atoms with Gasteiger partial charge in [-0.2, -0.15) is 0 Å². The number of ether oxygens (including phenoxy) is 1. The third-order valence-corrected chi connectivity index (χ3v) is 3.73. The topological polar surface area (TPSA) is 55.4 Å². The molecule has 20 heavy (non-hydrogen) atoms. The molecule has 1 aromatic carbocycles. The number of methoxy groups -OCH3 is 1. The number of rotatable bonds is 4. The lowest BCUT2D eigenvalue weighted by atomic mass is 10.1. The van der Waals surface area contributed by atoms with Gasteiger partial charge >= 0.3 is 5.97 Å². The van der Waals surface area contributed by atoms with Crippen LogP contribution in [0.3, 0.4) is 0 Å². The predicted molar refractivity (Wildman–Crippen MR) is 82.4 cm³/mol. The summed E-state index contributed by atoms with van der Waals surface area (Å²) >= 11 is 9.24. The Kier molecular flexibility index (Phi) is 5.77. The fourth-order valence-corrected chi connectivity index (χ4v) is 1.88. The number of amides is 1. The van der Waals surface area contributed by atoms with Crippen LogP contribution < -0.4 is 5.32 Å².